The molecule has 0 bridgehead atoms. The Bertz CT molecular complexity index is 354. The summed E-state index contributed by atoms with van der Waals surface area (Å²) < 4.78 is 12.8. The van der Waals surface area contributed by atoms with Crippen LogP contribution in [0.4, 0.5) is 10.1 Å². The average Bonchev–Trinajstić information content (AvgIpc) is 2.19. The first kappa shape index (κ1) is 12.0. The van der Waals surface area contributed by atoms with Crippen LogP contribution in [0.25, 0.3) is 0 Å². The summed E-state index contributed by atoms with van der Waals surface area (Å²) in [5.41, 5.74) is 1.37. The number of halogens is 2. The summed E-state index contributed by atoms with van der Waals surface area (Å²) >= 11 is 5.47. The van der Waals surface area contributed by atoms with E-state index in [2.05, 4.69) is 5.32 Å². The molecule has 1 aromatic carbocycles. The third-order valence-electron chi connectivity index (χ3n) is 2.00. The molecule has 0 spiro atoms. The quantitative estimate of drug-likeness (QED) is 0.790. The molecule has 0 unspecified atom stereocenters. The first-order chi connectivity index (χ1) is 7.13. The van der Waals surface area contributed by atoms with Gasteiger partial charge in [0.05, 0.1) is 0 Å². The second kappa shape index (κ2) is 5.71. The molecule has 1 aromatic rings. The molecule has 0 radical (unpaired) electrons. The summed E-state index contributed by atoms with van der Waals surface area (Å²) in [5, 5.41) is 2.71. The van der Waals surface area contributed by atoms with Crippen LogP contribution in [-0.2, 0) is 4.79 Å². The van der Waals surface area contributed by atoms with Crippen LogP contribution in [0.3, 0.4) is 0 Å². The predicted molar refractivity (Wildman–Crippen MR) is 59.7 cm³/mol. The molecule has 0 saturated heterocycles. The summed E-state index contributed by atoms with van der Waals surface area (Å²) in [6, 6.07) is 4.27. The van der Waals surface area contributed by atoms with E-state index in [1.807, 2.05) is 0 Å². The number of anilines is 1. The van der Waals surface area contributed by atoms with Crippen molar-refractivity contribution in [3.05, 3.63) is 29.6 Å². The highest BCUT2D eigenvalue weighted by Gasteiger charge is 2.04. The number of nitrogens with one attached hydrogen (secondary N) is 1. The van der Waals surface area contributed by atoms with Gasteiger partial charge in [-0.1, -0.05) is 0 Å². The molecule has 82 valence electrons. The lowest BCUT2D eigenvalue weighted by Crippen LogP contribution is -2.12. The van der Waals surface area contributed by atoms with E-state index in [1.165, 1.54) is 12.1 Å². The van der Waals surface area contributed by atoms with Crippen molar-refractivity contribution in [1.82, 2.24) is 0 Å². The first-order valence-corrected chi connectivity index (χ1v) is 5.29. The average molecular weight is 230 g/mol. The fraction of sp³-hybridized carbons (Fsp3) is 0.364. The van der Waals surface area contributed by atoms with E-state index >= 15 is 0 Å². The summed E-state index contributed by atoms with van der Waals surface area (Å²) in [6.45, 7) is 1.75. The number of aryl methyl sites for hydroxylation is 1. The fourth-order valence-electron chi connectivity index (χ4n) is 1.21. The highest BCUT2D eigenvalue weighted by atomic mass is 35.5. The molecule has 1 N–H and O–H groups in total. The number of hydrogen-bond donors (Lipinski definition) is 1. The minimum Gasteiger partial charge on any atom is -0.326 e. The number of amides is 1. The van der Waals surface area contributed by atoms with Crippen molar-refractivity contribution in [3.63, 3.8) is 0 Å². The van der Waals surface area contributed by atoms with Crippen molar-refractivity contribution in [3.8, 4) is 0 Å². The molecule has 4 heteroatoms. The van der Waals surface area contributed by atoms with Crippen LogP contribution in [0.5, 0.6) is 0 Å². The van der Waals surface area contributed by atoms with Gasteiger partial charge in [-0.15, -0.1) is 11.6 Å². The highest BCUT2D eigenvalue weighted by molar-refractivity contribution is 6.18. The van der Waals surface area contributed by atoms with Gasteiger partial charge in [0.2, 0.25) is 5.91 Å². The van der Waals surface area contributed by atoms with Gasteiger partial charge >= 0.3 is 0 Å². The zero-order valence-corrected chi connectivity index (χ0v) is 9.27. The van der Waals surface area contributed by atoms with Crippen LogP contribution in [0, 0.1) is 12.7 Å². The molecule has 0 aromatic heterocycles. The van der Waals surface area contributed by atoms with Crippen LogP contribution in [0.2, 0.25) is 0 Å². The minimum atomic E-state index is -0.300. The van der Waals surface area contributed by atoms with Crippen molar-refractivity contribution < 1.29 is 9.18 Å². The van der Waals surface area contributed by atoms with Gasteiger partial charge in [-0.3, -0.25) is 4.79 Å². The zero-order valence-electron chi connectivity index (χ0n) is 8.52. The van der Waals surface area contributed by atoms with Crippen molar-refractivity contribution in [2.75, 3.05) is 11.2 Å². The third kappa shape index (κ3) is 3.88. The Morgan fingerprint density at radius 3 is 2.87 bits per heavy atom. The second-order valence-electron chi connectivity index (χ2n) is 3.30. The van der Waals surface area contributed by atoms with Gasteiger partial charge in [0.1, 0.15) is 5.82 Å². The normalized spacial score (nSPS) is 10.1. The Balaban J connectivity index is 2.60. The van der Waals surface area contributed by atoms with E-state index in [0.29, 0.717) is 30.0 Å². The molecule has 0 aliphatic rings. The minimum absolute atomic E-state index is 0.0923. The SMILES string of the molecule is Cc1cc(F)ccc1NC(=O)CCCCl. The van der Waals surface area contributed by atoms with Crippen LogP contribution in [0.1, 0.15) is 18.4 Å². The van der Waals surface area contributed by atoms with Crippen molar-refractivity contribution in [2.24, 2.45) is 0 Å². The van der Waals surface area contributed by atoms with E-state index in [1.54, 1.807) is 13.0 Å². The van der Waals surface area contributed by atoms with Gasteiger partial charge in [-0.05, 0) is 37.1 Å². The number of alkyl halides is 1. The number of benzene rings is 1. The molecule has 0 fully saturated rings. The molecule has 1 rings (SSSR count). The van der Waals surface area contributed by atoms with E-state index in [-0.39, 0.29) is 11.7 Å². The van der Waals surface area contributed by atoms with E-state index in [4.69, 9.17) is 11.6 Å². The largest absolute Gasteiger partial charge is 0.326 e. The lowest BCUT2D eigenvalue weighted by molar-refractivity contribution is -0.116. The zero-order chi connectivity index (χ0) is 11.3. The van der Waals surface area contributed by atoms with E-state index in [9.17, 15) is 9.18 Å². The highest BCUT2D eigenvalue weighted by Crippen LogP contribution is 2.15. The molecule has 2 nitrogen and oxygen atoms in total. The van der Waals surface area contributed by atoms with Crippen molar-refractivity contribution in [2.45, 2.75) is 19.8 Å². The van der Waals surface area contributed by atoms with Gasteiger partial charge in [-0.2, -0.15) is 0 Å². The van der Waals surface area contributed by atoms with Gasteiger partial charge in [0.15, 0.2) is 0 Å². The Morgan fingerprint density at radius 1 is 1.53 bits per heavy atom. The summed E-state index contributed by atoms with van der Waals surface area (Å²) in [7, 11) is 0. The molecule has 15 heavy (non-hydrogen) atoms. The standard InChI is InChI=1S/C11H13ClFNO/c1-8-7-9(13)4-5-10(8)14-11(15)3-2-6-12/h4-5,7H,2-3,6H2,1H3,(H,14,15). The number of carbonyl (C=O) groups is 1. The maximum Gasteiger partial charge on any atom is 0.224 e. The predicted octanol–water partition coefficient (Wildman–Crippen LogP) is 3.09. The van der Waals surface area contributed by atoms with Crippen LogP contribution >= 0.6 is 11.6 Å². The first-order valence-electron chi connectivity index (χ1n) is 4.75. The van der Waals surface area contributed by atoms with Crippen molar-refractivity contribution in [1.29, 1.82) is 0 Å². The van der Waals surface area contributed by atoms with Crippen LogP contribution in [-0.4, -0.2) is 11.8 Å². The molecule has 0 atom stereocenters. The lowest BCUT2D eigenvalue weighted by atomic mass is 10.2. The molecular weight excluding hydrogens is 217 g/mol. The van der Waals surface area contributed by atoms with Gasteiger partial charge in [-0.25, -0.2) is 4.39 Å². The van der Waals surface area contributed by atoms with E-state index in [0.717, 1.165) is 0 Å². The number of carbonyl (C=O) groups excluding carboxylic acids is 1. The topological polar surface area (TPSA) is 29.1 Å². The van der Waals surface area contributed by atoms with Gasteiger partial charge in [0, 0.05) is 18.0 Å². The van der Waals surface area contributed by atoms with Gasteiger partial charge < -0.3 is 5.32 Å². The Kier molecular flexibility index (Phi) is 4.56. The van der Waals surface area contributed by atoms with Crippen LogP contribution < -0.4 is 5.32 Å². The van der Waals surface area contributed by atoms with Crippen molar-refractivity contribution >= 4 is 23.2 Å². The summed E-state index contributed by atoms with van der Waals surface area (Å²) in [5.74, 6) is 0.0761. The summed E-state index contributed by atoms with van der Waals surface area (Å²) in [6.07, 6.45) is 1.04. The van der Waals surface area contributed by atoms with Crippen LogP contribution in [0.15, 0.2) is 18.2 Å². The molecule has 1 amide bonds. The molecule has 0 saturated carbocycles. The summed E-state index contributed by atoms with van der Waals surface area (Å²) in [4.78, 5) is 11.3. The molecular formula is C11H13ClFNO. The number of rotatable bonds is 4. The fourth-order valence-corrected chi connectivity index (χ4v) is 1.34. The van der Waals surface area contributed by atoms with E-state index < -0.39 is 0 Å². The lowest BCUT2D eigenvalue weighted by Gasteiger charge is -2.07. The maximum atomic E-state index is 12.8. The Hall–Kier alpha value is -1.09. The second-order valence-corrected chi connectivity index (χ2v) is 3.68. The molecule has 0 aliphatic carbocycles. The monoisotopic (exact) mass is 229 g/mol. The maximum absolute atomic E-state index is 12.8. The smallest absolute Gasteiger partial charge is 0.224 e. The Morgan fingerprint density at radius 2 is 2.27 bits per heavy atom. The Labute approximate surface area is 93.4 Å². The number of hydrogen-bond acceptors (Lipinski definition) is 1. The molecule has 0 heterocycles. The van der Waals surface area contributed by atoms with Gasteiger partial charge in [0.25, 0.3) is 0 Å². The third-order valence-corrected chi connectivity index (χ3v) is 2.27. The molecule has 0 aliphatic heterocycles.